The van der Waals surface area contributed by atoms with Gasteiger partial charge < -0.3 is 14.8 Å². The molecule has 4 heteroatoms. The minimum atomic E-state index is 0.498. The molecule has 0 spiro atoms. The van der Waals surface area contributed by atoms with E-state index in [1.54, 1.807) is 13.3 Å². The summed E-state index contributed by atoms with van der Waals surface area (Å²) in [5.41, 5.74) is 2.14. The summed E-state index contributed by atoms with van der Waals surface area (Å²) in [6.07, 6.45) is 1.76. The van der Waals surface area contributed by atoms with Crippen molar-refractivity contribution in [3.8, 4) is 11.5 Å². The van der Waals surface area contributed by atoms with Crippen molar-refractivity contribution in [1.82, 2.24) is 4.98 Å². The molecule has 3 aromatic rings. The monoisotopic (exact) mass is 320 g/mol. The van der Waals surface area contributed by atoms with Gasteiger partial charge in [0.1, 0.15) is 12.4 Å². The number of nitrogens with zero attached hydrogens (tertiary/aromatic N) is 1. The highest BCUT2D eigenvalue weighted by Crippen LogP contribution is 2.32. The number of rotatable bonds is 7. The van der Waals surface area contributed by atoms with E-state index < -0.39 is 0 Å². The zero-order valence-electron chi connectivity index (χ0n) is 13.6. The molecule has 2 aromatic carbocycles. The van der Waals surface area contributed by atoms with Gasteiger partial charge in [0.05, 0.1) is 7.11 Å². The predicted octanol–water partition coefficient (Wildman–Crippen LogP) is 4.28. The molecule has 1 N–H and O–H groups in total. The molecule has 0 aliphatic rings. The first-order valence-corrected chi connectivity index (χ1v) is 7.84. The largest absolute Gasteiger partial charge is 0.493 e. The highest BCUT2D eigenvalue weighted by Gasteiger charge is 2.11. The first-order valence-electron chi connectivity index (χ1n) is 7.84. The van der Waals surface area contributed by atoms with Crippen molar-refractivity contribution in [2.24, 2.45) is 0 Å². The summed E-state index contributed by atoms with van der Waals surface area (Å²) in [6, 6.07) is 21.8. The van der Waals surface area contributed by atoms with Crippen LogP contribution in [0.1, 0.15) is 11.1 Å². The normalized spacial score (nSPS) is 10.2. The van der Waals surface area contributed by atoms with Crippen molar-refractivity contribution in [3.05, 3.63) is 84.1 Å². The van der Waals surface area contributed by atoms with Gasteiger partial charge in [-0.1, -0.05) is 48.5 Å². The number of anilines is 1. The summed E-state index contributed by atoms with van der Waals surface area (Å²) in [5, 5.41) is 3.30. The highest BCUT2D eigenvalue weighted by atomic mass is 16.5. The summed E-state index contributed by atoms with van der Waals surface area (Å²) >= 11 is 0. The molecule has 3 rings (SSSR count). The summed E-state index contributed by atoms with van der Waals surface area (Å²) < 4.78 is 11.5. The van der Waals surface area contributed by atoms with Gasteiger partial charge >= 0.3 is 0 Å². The number of hydrogen-bond acceptors (Lipinski definition) is 4. The second-order valence-corrected chi connectivity index (χ2v) is 5.29. The van der Waals surface area contributed by atoms with Crippen molar-refractivity contribution in [3.63, 3.8) is 0 Å². The van der Waals surface area contributed by atoms with E-state index in [4.69, 9.17) is 9.47 Å². The van der Waals surface area contributed by atoms with E-state index in [0.29, 0.717) is 13.2 Å². The van der Waals surface area contributed by atoms with Gasteiger partial charge in [0.2, 0.25) is 0 Å². The number of methoxy groups -OCH3 is 1. The average Bonchev–Trinajstić information content (AvgIpc) is 2.66. The first kappa shape index (κ1) is 15.9. The molecule has 0 aliphatic heterocycles. The van der Waals surface area contributed by atoms with Crippen LogP contribution in [0.4, 0.5) is 5.82 Å². The Morgan fingerprint density at radius 1 is 0.917 bits per heavy atom. The molecule has 0 atom stereocenters. The van der Waals surface area contributed by atoms with Crippen LogP contribution in [0.3, 0.4) is 0 Å². The molecular weight excluding hydrogens is 300 g/mol. The lowest BCUT2D eigenvalue weighted by Gasteiger charge is -2.16. The van der Waals surface area contributed by atoms with Crippen molar-refractivity contribution in [1.29, 1.82) is 0 Å². The molecule has 122 valence electrons. The van der Waals surface area contributed by atoms with Gasteiger partial charge in [0.25, 0.3) is 0 Å². The average molecular weight is 320 g/mol. The number of aromatic nitrogens is 1. The third-order valence-electron chi connectivity index (χ3n) is 3.63. The molecule has 0 radical (unpaired) electrons. The smallest absolute Gasteiger partial charge is 0.166 e. The van der Waals surface area contributed by atoms with Crippen LogP contribution in [0.5, 0.6) is 11.5 Å². The standard InChI is InChI=1S/C20H20N2O2/c1-23-18-11-7-10-17(14-22-19-12-5-6-13-21-19)20(18)24-15-16-8-3-2-4-9-16/h2-13H,14-15H2,1H3,(H,21,22). The van der Waals surface area contributed by atoms with Crippen molar-refractivity contribution >= 4 is 5.82 Å². The Balaban J connectivity index is 1.75. The summed E-state index contributed by atoms with van der Waals surface area (Å²) in [4.78, 5) is 4.28. The van der Waals surface area contributed by atoms with Crippen LogP contribution >= 0.6 is 0 Å². The Morgan fingerprint density at radius 3 is 2.50 bits per heavy atom. The third kappa shape index (κ3) is 4.04. The highest BCUT2D eigenvalue weighted by molar-refractivity contribution is 5.48. The lowest BCUT2D eigenvalue weighted by molar-refractivity contribution is 0.281. The molecule has 0 saturated carbocycles. The number of nitrogens with one attached hydrogen (secondary N) is 1. The number of pyridine rings is 1. The lowest BCUT2D eigenvalue weighted by Crippen LogP contribution is -2.06. The zero-order valence-corrected chi connectivity index (χ0v) is 13.6. The predicted molar refractivity (Wildman–Crippen MR) is 95.3 cm³/mol. The fourth-order valence-corrected chi connectivity index (χ4v) is 2.41. The van der Waals surface area contributed by atoms with Gasteiger partial charge in [0.15, 0.2) is 11.5 Å². The van der Waals surface area contributed by atoms with Crippen LogP contribution in [-0.4, -0.2) is 12.1 Å². The Hall–Kier alpha value is -3.01. The Morgan fingerprint density at radius 2 is 1.75 bits per heavy atom. The van der Waals surface area contributed by atoms with Crippen LogP contribution in [0, 0.1) is 0 Å². The van der Waals surface area contributed by atoms with Gasteiger partial charge in [-0.3, -0.25) is 0 Å². The van der Waals surface area contributed by atoms with Crippen LogP contribution in [0.2, 0.25) is 0 Å². The van der Waals surface area contributed by atoms with E-state index in [2.05, 4.69) is 10.3 Å². The van der Waals surface area contributed by atoms with Crippen LogP contribution in [0.25, 0.3) is 0 Å². The van der Waals surface area contributed by atoms with Crippen LogP contribution in [-0.2, 0) is 13.2 Å². The topological polar surface area (TPSA) is 43.4 Å². The zero-order chi connectivity index (χ0) is 16.6. The number of ether oxygens (including phenoxy) is 2. The molecule has 0 fully saturated rings. The SMILES string of the molecule is COc1cccc(CNc2ccccn2)c1OCc1ccccc1. The van der Waals surface area contributed by atoms with Crippen LogP contribution < -0.4 is 14.8 Å². The Bertz CT molecular complexity index is 761. The summed E-state index contributed by atoms with van der Waals surface area (Å²) in [5.74, 6) is 2.31. The second kappa shape index (κ2) is 8.02. The van der Waals surface area contributed by atoms with E-state index >= 15 is 0 Å². The maximum Gasteiger partial charge on any atom is 0.166 e. The molecule has 4 nitrogen and oxygen atoms in total. The molecule has 1 heterocycles. The molecule has 0 bridgehead atoms. The maximum absolute atomic E-state index is 6.05. The van der Waals surface area contributed by atoms with E-state index in [0.717, 1.165) is 28.4 Å². The van der Waals surface area contributed by atoms with E-state index in [9.17, 15) is 0 Å². The van der Waals surface area contributed by atoms with E-state index in [1.165, 1.54) is 0 Å². The molecule has 0 saturated heterocycles. The Labute approximate surface area is 142 Å². The quantitative estimate of drug-likeness (QED) is 0.705. The minimum absolute atomic E-state index is 0.498. The number of benzene rings is 2. The minimum Gasteiger partial charge on any atom is -0.493 e. The lowest BCUT2D eigenvalue weighted by atomic mass is 10.1. The molecule has 24 heavy (non-hydrogen) atoms. The van der Waals surface area contributed by atoms with Gasteiger partial charge in [-0.15, -0.1) is 0 Å². The van der Waals surface area contributed by atoms with Crippen molar-refractivity contribution < 1.29 is 9.47 Å². The molecular formula is C20H20N2O2. The third-order valence-corrected chi connectivity index (χ3v) is 3.63. The van der Waals surface area contributed by atoms with Gasteiger partial charge in [-0.25, -0.2) is 4.98 Å². The van der Waals surface area contributed by atoms with Gasteiger partial charge in [0, 0.05) is 18.3 Å². The van der Waals surface area contributed by atoms with Gasteiger partial charge in [-0.2, -0.15) is 0 Å². The molecule has 0 unspecified atom stereocenters. The maximum atomic E-state index is 6.05. The van der Waals surface area contributed by atoms with Crippen LogP contribution in [0.15, 0.2) is 72.9 Å². The molecule has 0 aliphatic carbocycles. The molecule has 0 amide bonds. The second-order valence-electron chi connectivity index (χ2n) is 5.29. The van der Waals surface area contributed by atoms with Gasteiger partial charge in [-0.05, 0) is 23.8 Å². The van der Waals surface area contributed by atoms with E-state index in [1.807, 2.05) is 66.7 Å². The number of hydrogen-bond donors (Lipinski definition) is 1. The van der Waals surface area contributed by atoms with Crippen molar-refractivity contribution in [2.45, 2.75) is 13.2 Å². The molecule has 1 aromatic heterocycles. The number of para-hydroxylation sites is 1. The fourth-order valence-electron chi connectivity index (χ4n) is 2.41. The fraction of sp³-hybridized carbons (Fsp3) is 0.150. The van der Waals surface area contributed by atoms with E-state index in [-0.39, 0.29) is 0 Å². The Kier molecular flexibility index (Phi) is 5.30. The summed E-state index contributed by atoms with van der Waals surface area (Å²) in [6.45, 7) is 1.11. The first-order chi connectivity index (χ1) is 11.9. The van der Waals surface area contributed by atoms with Crippen molar-refractivity contribution in [2.75, 3.05) is 12.4 Å². The summed E-state index contributed by atoms with van der Waals surface area (Å²) in [7, 11) is 1.65.